The molecule has 0 aliphatic carbocycles. The molecule has 1 N–H and O–H groups in total. The number of para-hydroxylation sites is 1. The van der Waals surface area contributed by atoms with Crippen LogP contribution >= 0.6 is 15.9 Å². The Morgan fingerprint density at radius 2 is 1.65 bits per heavy atom. The summed E-state index contributed by atoms with van der Waals surface area (Å²) in [5.74, 6) is 0.929. The summed E-state index contributed by atoms with van der Waals surface area (Å²) < 4.78 is 39.2. The summed E-state index contributed by atoms with van der Waals surface area (Å²) in [6.07, 6.45) is 0. The van der Waals surface area contributed by atoms with E-state index in [4.69, 9.17) is 9.47 Å². The summed E-state index contributed by atoms with van der Waals surface area (Å²) in [6.45, 7) is 4.58. The van der Waals surface area contributed by atoms with Crippen molar-refractivity contribution < 1.29 is 17.9 Å². The Morgan fingerprint density at radius 3 is 2.30 bits per heavy atom. The number of benzene rings is 2. The molecule has 0 bridgehead atoms. The molecule has 0 atom stereocenters. The van der Waals surface area contributed by atoms with E-state index in [-0.39, 0.29) is 4.90 Å². The van der Waals surface area contributed by atoms with Gasteiger partial charge in [0.15, 0.2) is 11.5 Å². The number of halogens is 1. The first-order valence-corrected chi connectivity index (χ1v) is 9.42. The van der Waals surface area contributed by atoms with Gasteiger partial charge in [-0.1, -0.05) is 12.1 Å². The van der Waals surface area contributed by atoms with Gasteiger partial charge in [0.25, 0.3) is 10.0 Å². The largest absolute Gasteiger partial charge is 0.490 e. The van der Waals surface area contributed by atoms with Crippen molar-refractivity contribution in [3.05, 3.63) is 46.9 Å². The number of ether oxygens (including phenoxy) is 2. The molecule has 0 amide bonds. The predicted molar refractivity (Wildman–Crippen MR) is 93.7 cm³/mol. The molecule has 0 radical (unpaired) electrons. The first-order chi connectivity index (χ1) is 11.0. The third kappa shape index (κ3) is 4.39. The minimum atomic E-state index is -3.72. The van der Waals surface area contributed by atoms with Crippen molar-refractivity contribution >= 4 is 31.6 Å². The van der Waals surface area contributed by atoms with E-state index in [1.807, 2.05) is 19.9 Å². The molecular weight excluding hydrogens is 382 g/mol. The van der Waals surface area contributed by atoms with Crippen LogP contribution in [0.25, 0.3) is 0 Å². The van der Waals surface area contributed by atoms with E-state index in [0.717, 1.165) is 0 Å². The van der Waals surface area contributed by atoms with Crippen LogP contribution in [0.2, 0.25) is 0 Å². The van der Waals surface area contributed by atoms with Gasteiger partial charge < -0.3 is 9.47 Å². The minimum absolute atomic E-state index is 0.111. The number of anilines is 1. The molecule has 0 aliphatic rings. The smallest absolute Gasteiger partial charge is 0.262 e. The lowest BCUT2D eigenvalue weighted by Gasteiger charge is -2.14. The van der Waals surface area contributed by atoms with Crippen LogP contribution in [-0.2, 0) is 10.0 Å². The highest BCUT2D eigenvalue weighted by atomic mass is 79.9. The van der Waals surface area contributed by atoms with Gasteiger partial charge >= 0.3 is 0 Å². The molecule has 2 aromatic rings. The van der Waals surface area contributed by atoms with Gasteiger partial charge in [-0.3, -0.25) is 4.72 Å². The second-order valence-corrected chi connectivity index (χ2v) is 7.10. The minimum Gasteiger partial charge on any atom is -0.490 e. The Balaban J connectivity index is 2.36. The highest BCUT2D eigenvalue weighted by Gasteiger charge is 2.18. The Kier molecular flexibility index (Phi) is 5.90. The third-order valence-corrected chi connectivity index (χ3v) is 5.00. The van der Waals surface area contributed by atoms with Gasteiger partial charge in [0.05, 0.1) is 23.8 Å². The maximum absolute atomic E-state index is 12.6. The molecule has 7 heteroatoms. The van der Waals surface area contributed by atoms with Crippen molar-refractivity contribution in [3.63, 3.8) is 0 Å². The van der Waals surface area contributed by atoms with Crippen molar-refractivity contribution in [2.75, 3.05) is 17.9 Å². The van der Waals surface area contributed by atoms with Gasteiger partial charge in [0.1, 0.15) is 0 Å². The summed E-state index contributed by atoms with van der Waals surface area (Å²) in [6, 6.07) is 11.6. The van der Waals surface area contributed by atoms with Gasteiger partial charge in [-0.25, -0.2) is 8.42 Å². The first kappa shape index (κ1) is 17.6. The van der Waals surface area contributed by atoms with Gasteiger partial charge in [-0.05, 0) is 54.0 Å². The molecule has 23 heavy (non-hydrogen) atoms. The molecule has 0 saturated heterocycles. The monoisotopic (exact) mass is 399 g/mol. The Morgan fingerprint density at radius 1 is 1.00 bits per heavy atom. The van der Waals surface area contributed by atoms with Crippen LogP contribution in [-0.4, -0.2) is 21.6 Å². The topological polar surface area (TPSA) is 64.6 Å². The SMILES string of the molecule is CCOc1ccc(S(=O)(=O)Nc2ccccc2Br)cc1OCC. The lowest BCUT2D eigenvalue weighted by Crippen LogP contribution is -2.13. The fourth-order valence-electron chi connectivity index (χ4n) is 1.95. The van der Waals surface area contributed by atoms with Crippen LogP contribution < -0.4 is 14.2 Å². The molecule has 0 aromatic heterocycles. The van der Waals surface area contributed by atoms with Gasteiger partial charge in [-0.2, -0.15) is 0 Å². The number of sulfonamides is 1. The Labute approximate surface area is 144 Å². The van der Waals surface area contributed by atoms with Crippen LogP contribution in [0.4, 0.5) is 5.69 Å². The summed E-state index contributed by atoms with van der Waals surface area (Å²) in [4.78, 5) is 0.111. The summed E-state index contributed by atoms with van der Waals surface area (Å²) in [7, 11) is -3.72. The molecule has 2 aromatic carbocycles. The fourth-order valence-corrected chi connectivity index (χ4v) is 3.56. The molecule has 0 heterocycles. The molecule has 124 valence electrons. The number of rotatable bonds is 7. The Bertz CT molecular complexity index is 777. The van der Waals surface area contributed by atoms with Crippen molar-refractivity contribution in [1.82, 2.24) is 0 Å². The van der Waals surface area contributed by atoms with Crippen LogP contribution in [0.5, 0.6) is 11.5 Å². The van der Waals surface area contributed by atoms with E-state index in [0.29, 0.717) is 34.9 Å². The van der Waals surface area contributed by atoms with Crippen molar-refractivity contribution in [3.8, 4) is 11.5 Å². The standard InChI is InChI=1S/C16H18BrNO4S/c1-3-21-15-10-9-12(11-16(15)22-4-2)23(19,20)18-14-8-6-5-7-13(14)17/h5-11,18H,3-4H2,1-2H3. The number of nitrogens with one attached hydrogen (secondary N) is 1. The summed E-state index contributed by atoms with van der Waals surface area (Å²) >= 11 is 3.32. The average molecular weight is 400 g/mol. The van der Waals surface area contributed by atoms with Crippen molar-refractivity contribution in [1.29, 1.82) is 0 Å². The van der Waals surface area contributed by atoms with E-state index in [1.165, 1.54) is 12.1 Å². The maximum atomic E-state index is 12.6. The zero-order valence-corrected chi connectivity index (χ0v) is 15.3. The molecule has 0 fully saturated rings. The first-order valence-electron chi connectivity index (χ1n) is 7.15. The van der Waals surface area contributed by atoms with E-state index >= 15 is 0 Å². The molecule has 5 nitrogen and oxygen atoms in total. The third-order valence-electron chi connectivity index (χ3n) is 2.94. The van der Waals surface area contributed by atoms with Gasteiger partial charge in [-0.15, -0.1) is 0 Å². The number of hydrogen-bond acceptors (Lipinski definition) is 4. The lowest BCUT2D eigenvalue weighted by atomic mass is 10.3. The molecule has 0 saturated carbocycles. The van der Waals surface area contributed by atoms with Crippen LogP contribution in [0.3, 0.4) is 0 Å². The maximum Gasteiger partial charge on any atom is 0.262 e. The summed E-state index contributed by atoms with van der Waals surface area (Å²) in [5.41, 5.74) is 0.472. The molecule has 0 aliphatic heterocycles. The normalized spacial score (nSPS) is 11.1. The second-order valence-electron chi connectivity index (χ2n) is 4.56. The zero-order chi connectivity index (χ0) is 16.9. The van der Waals surface area contributed by atoms with Crippen molar-refractivity contribution in [2.45, 2.75) is 18.7 Å². The molecule has 0 spiro atoms. The number of hydrogen-bond donors (Lipinski definition) is 1. The Hall–Kier alpha value is -1.73. The van der Waals surface area contributed by atoms with Crippen LogP contribution in [0.15, 0.2) is 51.8 Å². The quantitative estimate of drug-likeness (QED) is 0.762. The highest BCUT2D eigenvalue weighted by Crippen LogP contribution is 2.31. The van der Waals surface area contributed by atoms with Gasteiger partial charge in [0.2, 0.25) is 0 Å². The van der Waals surface area contributed by atoms with Crippen LogP contribution in [0, 0.1) is 0 Å². The lowest BCUT2D eigenvalue weighted by molar-refractivity contribution is 0.287. The van der Waals surface area contributed by atoms with E-state index in [9.17, 15) is 8.42 Å². The fraction of sp³-hybridized carbons (Fsp3) is 0.250. The van der Waals surface area contributed by atoms with Crippen LogP contribution in [0.1, 0.15) is 13.8 Å². The second kappa shape index (κ2) is 7.70. The van der Waals surface area contributed by atoms with E-state index in [2.05, 4.69) is 20.7 Å². The van der Waals surface area contributed by atoms with E-state index < -0.39 is 10.0 Å². The molecular formula is C16H18BrNO4S. The van der Waals surface area contributed by atoms with E-state index in [1.54, 1.807) is 24.3 Å². The van der Waals surface area contributed by atoms with Gasteiger partial charge in [0, 0.05) is 10.5 Å². The zero-order valence-electron chi connectivity index (χ0n) is 12.9. The summed E-state index contributed by atoms with van der Waals surface area (Å²) in [5, 5.41) is 0. The average Bonchev–Trinajstić information content (AvgIpc) is 2.51. The highest BCUT2D eigenvalue weighted by molar-refractivity contribution is 9.10. The van der Waals surface area contributed by atoms with Crippen molar-refractivity contribution in [2.24, 2.45) is 0 Å². The molecule has 0 unspecified atom stereocenters. The predicted octanol–water partition coefficient (Wildman–Crippen LogP) is 4.05. The molecule has 2 rings (SSSR count).